The predicted molar refractivity (Wildman–Crippen MR) is 112 cm³/mol. The summed E-state index contributed by atoms with van der Waals surface area (Å²) in [6.07, 6.45) is 2.39. The van der Waals surface area contributed by atoms with E-state index in [1.165, 1.54) is 17.4 Å². The van der Waals surface area contributed by atoms with Gasteiger partial charge in [-0.05, 0) is 35.7 Å². The third-order valence-corrected chi connectivity index (χ3v) is 6.59. The number of primary sulfonamides is 1. The van der Waals surface area contributed by atoms with Gasteiger partial charge in [0.05, 0.1) is 11.4 Å². The number of fused-ring (bicyclic) bond motifs is 1. The van der Waals surface area contributed by atoms with E-state index in [1.807, 2.05) is 40.6 Å². The van der Waals surface area contributed by atoms with E-state index in [-0.39, 0.29) is 23.4 Å². The van der Waals surface area contributed by atoms with Crippen LogP contribution in [0.3, 0.4) is 0 Å². The van der Waals surface area contributed by atoms with E-state index >= 15 is 0 Å². The van der Waals surface area contributed by atoms with Crippen molar-refractivity contribution in [3.8, 4) is 0 Å². The van der Waals surface area contributed by atoms with Crippen LogP contribution in [0.1, 0.15) is 22.2 Å². The minimum Gasteiger partial charge on any atom is -0.362 e. The van der Waals surface area contributed by atoms with Gasteiger partial charge in [0, 0.05) is 23.8 Å². The van der Waals surface area contributed by atoms with Crippen LogP contribution in [0, 0.1) is 0 Å². The number of thiazole rings is 1. The minimum atomic E-state index is -3.74. The van der Waals surface area contributed by atoms with Crippen LogP contribution in [0.25, 0.3) is 0 Å². The number of nitrogens with two attached hydrogens (primary N) is 1. The van der Waals surface area contributed by atoms with E-state index < -0.39 is 10.0 Å². The monoisotopic (exact) mass is 428 g/mol. The molecular formula is C20H20N4O3S2. The van der Waals surface area contributed by atoms with Gasteiger partial charge in [0.25, 0.3) is 0 Å². The smallest absolute Gasteiger partial charge is 0.240 e. The number of nitrogens with one attached hydrogen (secondary N) is 1. The number of amides is 1. The van der Waals surface area contributed by atoms with E-state index in [0.717, 1.165) is 21.8 Å². The highest BCUT2D eigenvalue weighted by atomic mass is 32.2. The van der Waals surface area contributed by atoms with Gasteiger partial charge in [0.2, 0.25) is 15.9 Å². The number of sulfonamides is 1. The van der Waals surface area contributed by atoms with Gasteiger partial charge in [0.15, 0.2) is 0 Å². The molecule has 0 aliphatic carbocycles. The normalized spacial score (nSPS) is 14.4. The van der Waals surface area contributed by atoms with Crippen molar-refractivity contribution >= 4 is 33.0 Å². The second-order valence-electron chi connectivity index (χ2n) is 6.79. The zero-order chi connectivity index (χ0) is 20.4. The number of rotatable bonds is 6. The summed E-state index contributed by atoms with van der Waals surface area (Å²) in [4.78, 5) is 19.2. The lowest BCUT2D eigenvalue weighted by Crippen LogP contribution is -2.38. The van der Waals surface area contributed by atoms with Crippen molar-refractivity contribution in [2.45, 2.75) is 17.4 Å². The first-order valence-electron chi connectivity index (χ1n) is 9.06. The first kappa shape index (κ1) is 19.6. The van der Waals surface area contributed by atoms with Crippen LogP contribution in [-0.2, 0) is 21.2 Å². The molecule has 0 fully saturated rings. The highest BCUT2D eigenvalue weighted by Crippen LogP contribution is 2.30. The SMILES string of the molecule is NS(=O)(=O)c1ccc2c(c1)CCN2CC(=O)NC(c1ccccc1)c1nccs1. The minimum absolute atomic E-state index is 0.0930. The maximum absolute atomic E-state index is 12.8. The fourth-order valence-corrected chi connectivity index (χ4v) is 4.76. The molecule has 7 nitrogen and oxygen atoms in total. The number of nitrogens with zero attached hydrogens (tertiary/aromatic N) is 2. The average molecular weight is 429 g/mol. The molecule has 1 atom stereocenters. The van der Waals surface area contributed by atoms with Gasteiger partial charge in [-0.25, -0.2) is 18.5 Å². The molecule has 3 N–H and O–H groups in total. The number of benzene rings is 2. The van der Waals surface area contributed by atoms with Crippen LogP contribution in [0.15, 0.2) is 65.0 Å². The van der Waals surface area contributed by atoms with Gasteiger partial charge in [0.1, 0.15) is 11.0 Å². The molecule has 0 saturated heterocycles. The quantitative estimate of drug-likeness (QED) is 0.625. The van der Waals surface area contributed by atoms with Crippen molar-refractivity contribution in [2.75, 3.05) is 18.0 Å². The summed E-state index contributed by atoms with van der Waals surface area (Å²) in [5.74, 6) is -0.127. The summed E-state index contributed by atoms with van der Waals surface area (Å²) in [7, 11) is -3.74. The zero-order valence-electron chi connectivity index (χ0n) is 15.5. The van der Waals surface area contributed by atoms with Crippen LogP contribution in [-0.4, -0.2) is 32.4 Å². The standard InChI is InChI=1S/C20H20N4O3S2/c21-29(26,27)16-6-7-17-15(12-16)8-10-24(17)13-18(25)23-19(20-22-9-11-28-20)14-4-2-1-3-5-14/h1-7,9,11-12,19H,8,10,13H2,(H,23,25)(H2,21,26,27). The molecule has 3 aromatic rings. The molecule has 0 bridgehead atoms. The molecule has 0 radical (unpaired) electrons. The van der Waals surface area contributed by atoms with Crippen molar-refractivity contribution in [3.05, 3.63) is 76.2 Å². The molecule has 150 valence electrons. The fraction of sp³-hybridized carbons (Fsp3) is 0.200. The molecule has 1 amide bonds. The maximum Gasteiger partial charge on any atom is 0.240 e. The first-order valence-corrected chi connectivity index (χ1v) is 11.5. The van der Waals surface area contributed by atoms with Crippen LogP contribution in [0.4, 0.5) is 5.69 Å². The molecule has 1 aliphatic heterocycles. The van der Waals surface area contributed by atoms with E-state index in [2.05, 4.69) is 10.3 Å². The average Bonchev–Trinajstić information content (AvgIpc) is 3.36. The van der Waals surface area contributed by atoms with Crippen LogP contribution in [0.5, 0.6) is 0 Å². The summed E-state index contributed by atoms with van der Waals surface area (Å²) in [6.45, 7) is 0.820. The second kappa shape index (κ2) is 7.94. The van der Waals surface area contributed by atoms with Gasteiger partial charge in [-0.2, -0.15) is 0 Å². The molecule has 1 unspecified atom stereocenters. The molecular weight excluding hydrogens is 408 g/mol. The summed E-state index contributed by atoms with van der Waals surface area (Å²) in [6, 6.07) is 14.2. The van der Waals surface area contributed by atoms with Gasteiger partial charge >= 0.3 is 0 Å². The predicted octanol–water partition coefficient (Wildman–Crippen LogP) is 2.06. The van der Waals surface area contributed by atoms with Crippen molar-refractivity contribution < 1.29 is 13.2 Å². The lowest BCUT2D eigenvalue weighted by molar-refractivity contribution is -0.120. The topological polar surface area (TPSA) is 105 Å². The van der Waals surface area contributed by atoms with Crippen molar-refractivity contribution in [2.24, 2.45) is 5.14 Å². The molecule has 4 rings (SSSR count). The van der Waals surface area contributed by atoms with E-state index in [1.54, 1.807) is 18.3 Å². The molecule has 1 aromatic heterocycles. The Morgan fingerprint density at radius 1 is 1.24 bits per heavy atom. The Balaban J connectivity index is 1.50. The maximum atomic E-state index is 12.8. The molecule has 9 heteroatoms. The number of carbonyl (C=O) groups is 1. The Morgan fingerprint density at radius 2 is 2.03 bits per heavy atom. The van der Waals surface area contributed by atoms with Gasteiger partial charge < -0.3 is 10.2 Å². The molecule has 2 aromatic carbocycles. The van der Waals surface area contributed by atoms with Gasteiger partial charge in [-0.3, -0.25) is 4.79 Å². The van der Waals surface area contributed by atoms with Crippen LogP contribution < -0.4 is 15.4 Å². The molecule has 1 aliphatic rings. The first-order chi connectivity index (χ1) is 13.9. The van der Waals surface area contributed by atoms with E-state index in [0.29, 0.717) is 13.0 Å². The number of anilines is 1. The number of aromatic nitrogens is 1. The van der Waals surface area contributed by atoms with Crippen molar-refractivity contribution in [3.63, 3.8) is 0 Å². The number of hydrogen-bond acceptors (Lipinski definition) is 6. The summed E-state index contributed by atoms with van der Waals surface area (Å²) >= 11 is 1.49. The lowest BCUT2D eigenvalue weighted by atomic mass is 10.1. The highest BCUT2D eigenvalue weighted by Gasteiger charge is 2.25. The molecule has 0 spiro atoms. The Hall–Kier alpha value is -2.75. The Labute approximate surface area is 173 Å². The van der Waals surface area contributed by atoms with Crippen LogP contribution in [0.2, 0.25) is 0 Å². The largest absolute Gasteiger partial charge is 0.362 e. The van der Waals surface area contributed by atoms with Gasteiger partial charge in [-0.15, -0.1) is 11.3 Å². The second-order valence-corrected chi connectivity index (χ2v) is 9.28. The zero-order valence-corrected chi connectivity index (χ0v) is 17.1. The summed E-state index contributed by atoms with van der Waals surface area (Å²) in [5.41, 5.74) is 2.71. The molecule has 0 saturated carbocycles. The summed E-state index contributed by atoms with van der Waals surface area (Å²) < 4.78 is 23.1. The molecule has 29 heavy (non-hydrogen) atoms. The Morgan fingerprint density at radius 3 is 2.72 bits per heavy atom. The lowest BCUT2D eigenvalue weighted by Gasteiger charge is -2.22. The van der Waals surface area contributed by atoms with Crippen LogP contribution >= 0.6 is 11.3 Å². The van der Waals surface area contributed by atoms with Gasteiger partial charge in [-0.1, -0.05) is 30.3 Å². The van der Waals surface area contributed by atoms with E-state index in [9.17, 15) is 13.2 Å². The third-order valence-electron chi connectivity index (χ3n) is 4.84. The number of hydrogen-bond donors (Lipinski definition) is 2. The van der Waals surface area contributed by atoms with E-state index in [4.69, 9.17) is 5.14 Å². The Bertz CT molecular complexity index is 1120. The van der Waals surface area contributed by atoms with Crippen molar-refractivity contribution in [1.82, 2.24) is 10.3 Å². The highest BCUT2D eigenvalue weighted by molar-refractivity contribution is 7.89. The fourth-order valence-electron chi connectivity index (χ4n) is 3.48. The molecule has 2 heterocycles. The Kier molecular flexibility index (Phi) is 5.35. The third kappa shape index (κ3) is 4.31. The van der Waals surface area contributed by atoms with Crippen molar-refractivity contribution in [1.29, 1.82) is 0 Å². The number of carbonyl (C=O) groups excluding carboxylic acids is 1. The summed E-state index contributed by atoms with van der Waals surface area (Å²) in [5, 5.41) is 11.0.